The minimum atomic E-state index is -4.34. The van der Waals surface area contributed by atoms with Crippen LogP contribution in [0, 0.1) is 0 Å². The maximum Gasteiger partial charge on any atom is 0.389 e. The van der Waals surface area contributed by atoms with Gasteiger partial charge in [0.15, 0.2) is 0 Å². The van der Waals surface area contributed by atoms with Crippen LogP contribution in [0.4, 0.5) is 13.2 Å². The highest BCUT2D eigenvalue weighted by atomic mass is 19.4. The third-order valence-electron chi connectivity index (χ3n) is 2.31. The van der Waals surface area contributed by atoms with E-state index in [1.165, 1.54) is 7.05 Å². The van der Waals surface area contributed by atoms with E-state index in [1.807, 2.05) is 0 Å². The van der Waals surface area contributed by atoms with Crippen molar-refractivity contribution in [1.29, 1.82) is 0 Å². The molecule has 0 aliphatic carbocycles. The summed E-state index contributed by atoms with van der Waals surface area (Å²) in [6, 6.07) is -0.424. The van der Waals surface area contributed by atoms with E-state index in [9.17, 15) is 18.0 Å². The minimum absolute atomic E-state index is 0.0760. The molecule has 0 radical (unpaired) electrons. The molecule has 0 heterocycles. The van der Waals surface area contributed by atoms with E-state index in [0.717, 1.165) is 4.90 Å². The molecule has 5 nitrogen and oxygen atoms in total. The third kappa shape index (κ3) is 6.64. The molecule has 0 aromatic carbocycles. The number of amidine groups is 1. The number of carbonyl (C=O) groups is 1. The van der Waals surface area contributed by atoms with Gasteiger partial charge in [-0.15, -0.1) is 0 Å². The zero-order valence-electron chi connectivity index (χ0n) is 9.66. The second-order valence-corrected chi connectivity index (χ2v) is 3.76. The maximum absolute atomic E-state index is 11.9. The van der Waals surface area contributed by atoms with Gasteiger partial charge in [0, 0.05) is 25.9 Å². The topological polar surface area (TPSA) is 78.9 Å². The molecule has 1 unspecified atom stereocenters. The maximum atomic E-state index is 11.9. The summed E-state index contributed by atoms with van der Waals surface area (Å²) in [6.07, 6.45) is -5.98. The lowest BCUT2D eigenvalue weighted by Crippen LogP contribution is -2.38. The molecule has 8 heteroatoms. The van der Waals surface area contributed by atoms with E-state index in [0.29, 0.717) is 0 Å². The van der Waals surface area contributed by atoms with Crippen LogP contribution in [0.3, 0.4) is 0 Å². The first-order chi connectivity index (χ1) is 7.67. The SMILES string of the molecule is CC(CC(N)=NO)N(C)C(=O)CCC(F)(F)F. The van der Waals surface area contributed by atoms with Crippen LogP contribution in [0.1, 0.15) is 26.2 Å². The zero-order chi connectivity index (χ0) is 13.6. The van der Waals surface area contributed by atoms with Gasteiger partial charge in [0.2, 0.25) is 5.91 Å². The van der Waals surface area contributed by atoms with Gasteiger partial charge in [0.1, 0.15) is 5.84 Å². The van der Waals surface area contributed by atoms with Gasteiger partial charge in [0.25, 0.3) is 0 Å². The van der Waals surface area contributed by atoms with E-state index in [4.69, 9.17) is 10.9 Å². The number of carbonyl (C=O) groups excluding carboxylic acids is 1. The second-order valence-electron chi connectivity index (χ2n) is 3.76. The smallest absolute Gasteiger partial charge is 0.389 e. The van der Waals surface area contributed by atoms with Crippen LogP contribution in [-0.2, 0) is 4.79 Å². The largest absolute Gasteiger partial charge is 0.409 e. The number of alkyl halides is 3. The van der Waals surface area contributed by atoms with Crippen LogP contribution >= 0.6 is 0 Å². The Kier molecular flexibility index (Phi) is 5.77. The van der Waals surface area contributed by atoms with Crippen LogP contribution in [0.5, 0.6) is 0 Å². The van der Waals surface area contributed by atoms with Crippen LogP contribution in [0.15, 0.2) is 5.16 Å². The molecule has 0 aliphatic heterocycles. The Hall–Kier alpha value is -1.47. The van der Waals surface area contributed by atoms with E-state index >= 15 is 0 Å². The fourth-order valence-corrected chi connectivity index (χ4v) is 1.15. The standard InChI is InChI=1S/C9H16F3N3O2/c1-6(5-7(13)14-17)15(2)8(16)3-4-9(10,11)12/h6,17H,3-5H2,1-2H3,(H2,13,14). The Morgan fingerprint density at radius 3 is 2.47 bits per heavy atom. The van der Waals surface area contributed by atoms with E-state index in [1.54, 1.807) is 6.92 Å². The predicted molar refractivity (Wildman–Crippen MR) is 55.5 cm³/mol. The fraction of sp³-hybridized carbons (Fsp3) is 0.778. The Labute approximate surface area is 97.1 Å². The number of nitrogens with zero attached hydrogens (tertiary/aromatic N) is 2. The fourth-order valence-electron chi connectivity index (χ4n) is 1.15. The normalized spacial score (nSPS) is 14.5. The number of nitrogens with two attached hydrogens (primary N) is 1. The molecule has 0 fully saturated rings. The first kappa shape index (κ1) is 15.5. The molecule has 0 spiro atoms. The monoisotopic (exact) mass is 255 g/mol. The van der Waals surface area contributed by atoms with Crippen molar-refractivity contribution in [3.8, 4) is 0 Å². The molecule has 0 aromatic rings. The average molecular weight is 255 g/mol. The first-order valence-corrected chi connectivity index (χ1v) is 4.96. The van der Waals surface area contributed by atoms with Crippen molar-refractivity contribution >= 4 is 11.7 Å². The molecule has 3 N–H and O–H groups in total. The Morgan fingerprint density at radius 2 is 2.06 bits per heavy atom. The van der Waals surface area contributed by atoms with Crippen LogP contribution < -0.4 is 5.73 Å². The van der Waals surface area contributed by atoms with Crippen molar-refractivity contribution in [1.82, 2.24) is 4.90 Å². The van der Waals surface area contributed by atoms with E-state index < -0.39 is 31.0 Å². The summed E-state index contributed by atoms with van der Waals surface area (Å²) < 4.78 is 35.7. The van der Waals surface area contributed by atoms with Crippen molar-refractivity contribution in [3.63, 3.8) is 0 Å². The molecule has 0 rings (SSSR count). The Morgan fingerprint density at radius 1 is 1.53 bits per heavy atom. The van der Waals surface area contributed by atoms with Crippen LogP contribution in [-0.4, -0.2) is 41.1 Å². The van der Waals surface area contributed by atoms with Gasteiger partial charge in [-0.25, -0.2) is 0 Å². The molecular weight excluding hydrogens is 239 g/mol. The first-order valence-electron chi connectivity index (χ1n) is 4.96. The summed E-state index contributed by atoms with van der Waals surface area (Å²) in [6.45, 7) is 1.60. The van der Waals surface area contributed by atoms with Gasteiger partial charge in [-0.3, -0.25) is 4.79 Å². The van der Waals surface area contributed by atoms with Crippen molar-refractivity contribution in [3.05, 3.63) is 0 Å². The van der Waals surface area contributed by atoms with Crippen molar-refractivity contribution in [2.75, 3.05) is 7.05 Å². The Balaban J connectivity index is 4.21. The zero-order valence-corrected chi connectivity index (χ0v) is 9.66. The summed E-state index contributed by atoms with van der Waals surface area (Å²) in [5, 5.41) is 11.1. The van der Waals surface area contributed by atoms with Crippen molar-refractivity contribution < 1.29 is 23.2 Å². The van der Waals surface area contributed by atoms with Gasteiger partial charge >= 0.3 is 6.18 Å². The van der Waals surface area contributed by atoms with Gasteiger partial charge in [-0.05, 0) is 6.92 Å². The molecule has 0 saturated carbocycles. The van der Waals surface area contributed by atoms with Crippen LogP contribution in [0.25, 0.3) is 0 Å². The number of halogens is 3. The van der Waals surface area contributed by atoms with Crippen molar-refractivity contribution in [2.24, 2.45) is 10.9 Å². The van der Waals surface area contributed by atoms with Crippen LogP contribution in [0.2, 0.25) is 0 Å². The Bertz CT molecular complexity index is 292. The van der Waals surface area contributed by atoms with Gasteiger partial charge < -0.3 is 15.8 Å². The lowest BCUT2D eigenvalue weighted by Gasteiger charge is -2.24. The molecular formula is C9H16F3N3O2. The average Bonchev–Trinajstić information content (AvgIpc) is 2.23. The lowest BCUT2D eigenvalue weighted by molar-refractivity contribution is -0.149. The highest BCUT2D eigenvalue weighted by molar-refractivity contribution is 5.81. The van der Waals surface area contributed by atoms with Gasteiger partial charge in [-0.1, -0.05) is 5.16 Å². The van der Waals surface area contributed by atoms with E-state index in [2.05, 4.69) is 5.16 Å². The summed E-state index contributed by atoms with van der Waals surface area (Å²) in [5.41, 5.74) is 5.24. The molecule has 0 aliphatic rings. The number of oxime groups is 1. The molecule has 0 aromatic heterocycles. The molecule has 0 saturated heterocycles. The predicted octanol–water partition coefficient (Wildman–Crippen LogP) is 1.31. The van der Waals surface area contributed by atoms with Crippen molar-refractivity contribution in [2.45, 2.75) is 38.4 Å². The van der Waals surface area contributed by atoms with Gasteiger partial charge in [0.05, 0.1) is 6.42 Å². The molecule has 17 heavy (non-hydrogen) atoms. The number of hydrogen-bond acceptors (Lipinski definition) is 3. The summed E-state index contributed by atoms with van der Waals surface area (Å²) in [4.78, 5) is 12.5. The van der Waals surface area contributed by atoms with Gasteiger partial charge in [-0.2, -0.15) is 13.2 Å². The summed E-state index contributed by atoms with van der Waals surface area (Å²) in [7, 11) is 1.38. The second kappa shape index (κ2) is 6.31. The number of hydrogen-bond donors (Lipinski definition) is 2. The number of amides is 1. The summed E-state index contributed by atoms with van der Waals surface area (Å²) in [5.74, 6) is -0.700. The molecule has 0 bridgehead atoms. The highest BCUT2D eigenvalue weighted by Crippen LogP contribution is 2.22. The summed E-state index contributed by atoms with van der Waals surface area (Å²) >= 11 is 0. The highest BCUT2D eigenvalue weighted by Gasteiger charge is 2.29. The third-order valence-corrected chi connectivity index (χ3v) is 2.31. The molecule has 100 valence electrons. The quantitative estimate of drug-likeness (QED) is 0.336. The molecule has 1 amide bonds. The minimum Gasteiger partial charge on any atom is -0.409 e. The van der Waals surface area contributed by atoms with E-state index in [-0.39, 0.29) is 12.3 Å². The lowest BCUT2D eigenvalue weighted by atomic mass is 10.1. The molecule has 1 atom stereocenters. The number of rotatable bonds is 5.